The van der Waals surface area contributed by atoms with Crippen LogP contribution in [0, 0.1) is 10.6 Å². The maximum Gasteiger partial charge on any atom is 0.126 e. The molecule has 2 fully saturated rings. The van der Waals surface area contributed by atoms with Crippen molar-refractivity contribution in [3.05, 3.63) is 15.5 Å². The van der Waals surface area contributed by atoms with Crippen molar-refractivity contribution in [1.82, 2.24) is 9.78 Å². The van der Waals surface area contributed by atoms with E-state index in [-0.39, 0.29) is 5.60 Å². The summed E-state index contributed by atoms with van der Waals surface area (Å²) in [6.07, 6.45) is 6.87. The van der Waals surface area contributed by atoms with Gasteiger partial charge in [-0.1, -0.05) is 0 Å². The Balaban J connectivity index is 1.77. The van der Waals surface area contributed by atoms with Crippen LogP contribution < -0.4 is 0 Å². The van der Waals surface area contributed by atoms with E-state index in [4.69, 9.17) is 4.74 Å². The molecule has 2 saturated heterocycles. The van der Waals surface area contributed by atoms with E-state index < -0.39 is 0 Å². The van der Waals surface area contributed by atoms with Gasteiger partial charge in [0.05, 0.1) is 11.6 Å². The Hall–Kier alpha value is 0.250. The molecule has 0 saturated carbocycles. The summed E-state index contributed by atoms with van der Waals surface area (Å²) in [7, 11) is 0. The lowest BCUT2D eigenvalue weighted by Gasteiger charge is -2.43. The summed E-state index contributed by atoms with van der Waals surface area (Å²) >= 11 is 4.38. The van der Waals surface area contributed by atoms with Crippen LogP contribution in [0.25, 0.3) is 0 Å². The molecule has 3 rings (SSSR count). The monoisotopic (exact) mass is 378 g/mol. The molecule has 0 radical (unpaired) electrons. The molecule has 18 heavy (non-hydrogen) atoms. The van der Waals surface area contributed by atoms with E-state index in [1.54, 1.807) is 0 Å². The number of halogens is 1. The Morgan fingerprint density at radius 2 is 2.28 bits per heavy atom. The first-order valence-electron chi connectivity index (χ1n) is 6.61. The summed E-state index contributed by atoms with van der Waals surface area (Å²) < 4.78 is 9.45. The van der Waals surface area contributed by atoms with Crippen molar-refractivity contribution in [2.24, 2.45) is 0 Å². The minimum Gasteiger partial charge on any atom is -0.375 e. The molecular formula is C13H19IN2OS. The molecule has 1 aromatic heterocycles. The number of rotatable bonds is 1. The zero-order valence-corrected chi connectivity index (χ0v) is 13.7. The lowest BCUT2D eigenvalue weighted by molar-refractivity contribution is -0.100. The molecule has 2 aliphatic heterocycles. The van der Waals surface area contributed by atoms with Gasteiger partial charge in [-0.2, -0.15) is 16.9 Å². The number of hydrogen-bond acceptors (Lipinski definition) is 3. The van der Waals surface area contributed by atoms with Crippen LogP contribution in [0.1, 0.15) is 37.3 Å². The second kappa shape index (κ2) is 5.32. The normalized spacial score (nSPS) is 27.6. The zero-order chi connectivity index (χ0) is 12.6. The Kier molecular flexibility index (Phi) is 3.92. The Labute approximate surface area is 126 Å². The van der Waals surface area contributed by atoms with Crippen molar-refractivity contribution in [2.75, 3.05) is 18.1 Å². The first-order valence-corrected chi connectivity index (χ1v) is 8.85. The summed E-state index contributed by atoms with van der Waals surface area (Å²) in [6, 6.07) is 0.532. The van der Waals surface area contributed by atoms with E-state index in [0.29, 0.717) is 6.04 Å². The molecule has 3 nitrogen and oxygen atoms in total. The number of aromatic nitrogens is 2. The van der Waals surface area contributed by atoms with Gasteiger partial charge in [-0.25, -0.2) is 0 Å². The average molecular weight is 378 g/mol. The molecular weight excluding hydrogens is 359 g/mol. The van der Waals surface area contributed by atoms with E-state index in [1.165, 1.54) is 29.9 Å². The molecule has 2 aliphatic rings. The number of aryl methyl sites for hydroxylation is 1. The Morgan fingerprint density at radius 3 is 2.94 bits per heavy atom. The summed E-state index contributed by atoms with van der Waals surface area (Å²) in [6.45, 7) is 3.03. The van der Waals surface area contributed by atoms with Gasteiger partial charge < -0.3 is 4.74 Å². The zero-order valence-electron chi connectivity index (χ0n) is 10.7. The maximum absolute atomic E-state index is 6.14. The molecule has 5 heteroatoms. The van der Waals surface area contributed by atoms with Gasteiger partial charge in [-0.15, -0.1) is 0 Å². The number of nitrogens with zero attached hydrogens (tertiary/aromatic N) is 2. The summed E-state index contributed by atoms with van der Waals surface area (Å²) in [5.41, 5.74) is 1.44. The third kappa shape index (κ3) is 2.58. The molecule has 1 spiro atoms. The lowest BCUT2D eigenvalue weighted by Crippen LogP contribution is -2.43. The van der Waals surface area contributed by atoms with Crippen molar-refractivity contribution >= 4 is 34.4 Å². The second-order valence-electron chi connectivity index (χ2n) is 5.37. The van der Waals surface area contributed by atoms with Crippen molar-refractivity contribution in [2.45, 2.75) is 44.2 Å². The molecule has 0 aliphatic carbocycles. The van der Waals surface area contributed by atoms with Crippen LogP contribution in [0.2, 0.25) is 0 Å². The van der Waals surface area contributed by atoms with Crippen molar-refractivity contribution in [3.63, 3.8) is 0 Å². The van der Waals surface area contributed by atoms with Gasteiger partial charge in [0.1, 0.15) is 3.70 Å². The highest BCUT2D eigenvalue weighted by Gasteiger charge is 2.39. The summed E-state index contributed by atoms with van der Waals surface area (Å²) in [4.78, 5) is 0. The van der Waals surface area contributed by atoms with Crippen LogP contribution >= 0.6 is 34.4 Å². The van der Waals surface area contributed by atoms with E-state index in [9.17, 15) is 0 Å². The summed E-state index contributed by atoms with van der Waals surface area (Å²) in [5, 5.41) is 4.65. The van der Waals surface area contributed by atoms with Crippen LogP contribution in [0.5, 0.6) is 0 Å². The van der Waals surface area contributed by atoms with E-state index in [2.05, 4.69) is 57.3 Å². The Bertz CT molecular complexity index is 404. The smallest absolute Gasteiger partial charge is 0.126 e. The van der Waals surface area contributed by atoms with Crippen LogP contribution in [0.4, 0.5) is 0 Å². The van der Waals surface area contributed by atoms with Crippen molar-refractivity contribution in [3.8, 4) is 0 Å². The van der Waals surface area contributed by atoms with Crippen LogP contribution in [0.15, 0.2) is 6.20 Å². The molecule has 1 aromatic rings. The molecule has 0 aromatic carbocycles. The number of thioether (sulfide) groups is 1. The first kappa shape index (κ1) is 13.2. The molecule has 0 N–H and O–H groups in total. The molecule has 0 amide bonds. The predicted molar refractivity (Wildman–Crippen MR) is 83.2 cm³/mol. The molecule has 3 heterocycles. The van der Waals surface area contributed by atoms with Gasteiger partial charge in [0.25, 0.3) is 0 Å². The van der Waals surface area contributed by atoms with Crippen molar-refractivity contribution < 1.29 is 4.74 Å². The number of ether oxygens (including phenoxy) is 1. The highest BCUT2D eigenvalue weighted by atomic mass is 127. The molecule has 0 bridgehead atoms. The van der Waals surface area contributed by atoms with E-state index in [0.717, 1.165) is 23.1 Å². The second-order valence-corrected chi connectivity index (χ2v) is 7.62. The predicted octanol–water partition coefficient (Wildman–Crippen LogP) is 3.41. The van der Waals surface area contributed by atoms with Gasteiger partial charge >= 0.3 is 0 Å². The molecule has 1 unspecified atom stereocenters. The first-order chi connectivity index (χ1) is 8.69. The molecule has 1 atom stereocenters. The fourth-order valence-electron chi connectivity index (χ4n) is 2.97. The topological polar surface area (TPSA) is 27.1 Å². The fraction of sp³-hybridized carbons (Fsp3) is 0.769. The highest BCUT2D eigenvalue weighted by Crippen LogP contribution is 2.41. The quantitative estimate of drug-likeness (QED) is 0.701. The minimum atomic E-state index is 0.152. The van der Waals surface area contributed by atoms with Gasteiger partial charge in [0, 0.05) is 18.4 Å². The van der Waals surface area contributed by atoms with Gasteiger partial charge in [-0.3, -0.25) is 4.68 Å². The van der Waals surface area contributed by atoms with Crippen molar-refractivity contribution in [1.29, 1.82) is 0 Å². The van der Waals surface area contributed by atoms with Crippen LogP contribution in [-0.2, 0) is 4.74 Å². The van der Waals surface area contributed by atoms with Crippen LogP contribution in [-0.4, -0.2) is 33.5 Å². The summed E-state index contributed by atoms with van der Waals surface area (Å²) in [5.74, 6) is 2.50. The standard InChI is InChI=1S/C13H19IN2OS/c1-10-9-16(15-12(10)14)11-2-5-17-13(8-11)3-6-18-7-4-13/h9,11H,2-8H2,1H3. The highest BCUT2D eigenvalue weighted by molar-refractivity contribution is 14.1. The van der Waals surface area contributed by atoms with E-state index >= 15 is 0 Å². The fourth-order valence-corrected chi connectivity index (χ4v) is 4.59. The Morgan fingerprint density at radius 1 is 1.50 bits per heavy atom. The van der Waals surface area contributed by atoms with Gasteiger partial charge in [0.15, 0.2) is 0 Å². The SMILES string of the molecule is Cc1cn(C2CCOC3(CCSCC3)C2)nc1I. The van der Waals surface area contributed by atoms with E-state index in [1.807, 2.05) is 0 Å². The van der Waals surface area contributed by atoms with Gasteiger partial charge in [0.2, 0.25) is 0 Å². The maximum atomic E-state index is 6.14. The van der Waals surface area contributed by atoms with Gasteiger partial charge in [-0.05, 0) is 66.7 Å². The average Bonchev–Trinajstić information content (AvgIpc) is 2.71. The molecule has 100 valence electrons. The van der Waals surface area contributed by atoms with Crippen LogP contribution in [0.3, 0.4) is 0 Å². The third-order valence-electron chi connectivity index (χ3n) is 4.10. The largest absolute Gasteiger partial charge is 0.375 e. The third-order valence-corrected chi connectivity index (χ3v) is 6.15. The minimum absolute atomic E-state index is 0.152. The number of hydrogen-bond donors (Lipinski definition) is 0. The lowest BCUT2D eigenvalue weighted by atomic mass is 9.85.